The summed E-state index contributed by atoms with van der Waals surface area (Å²) in [5.74, 6) is 0. The molecule has 0 aliphatic rings. The second kappa shape index (κ2) is 9.28. The Hall–Kier alpha value is -1.77. The second-order valence-electron chi connectivity index (χ2n) is 4.14. The van der Waals surface area contributed by atoms with Crippen LogP contribution in [0.1, 0.15) is 30.4 Å². The van der Waals surface area contributed by atoms with Gasteiger partial charge in [0, 0.05) is 18.0 Å². The van der Waals surface area contributed by atoms with E-state index in [1.54, 1.807) is 0 Å². The third-order valence-electron chi connectivity index (χ3n) is 2.72. The Bertz CT molecular complexity index is 391. The molecule has 4 nitrogen and oxygen atoms in total. The molecule has 0 amide bonds. The fourth-order valence-corrected chi connectivity index (χ4v) is 1.66. The maximum absolute atomic E-state index is 8.11. The van der Waals surface area contributed by atoms with Gasteiger partial charge in [-0.15, -0.1) is 0 Å². The fourth-order valence-electron chi connectivity index (χ4n) is 1.66. The van der Waals surface area contributed by atoms with Gasteiger partial charge in [0.05, 0.1) is 0 Å². The minimum Gasteiger partial charge on any atom is -0.313 e. The highest BCUT2D eigenvalue weighted by Crippen LogP contribution is 2.05. The zero-order valence-electron chi connectivity index (χ0n) is 10.7. The quantitative estimate of drug-likeness (QED) is 0.304. The van der Waals surface area contributed by atoms with Crippen LogP contribution >= 0.6 is 0 Å². The normalized spacial score (nSPS) is 9.78. The lowest BCUT2D eigenvalue weighted by molar-refractivity contribution is 0.606. The predicted octanol–water partition coefficient (Wildman–Crippen LogP) is 3.90. The van der Waals surface area contributed by atoms with Gasteiger partial charge in [-0.25, -0.2) is 0 Å². The zero-order valence-corrected chi connectivity index (χ0v) is 10.7. The van der Waals surface area contributed by atoms with Gasteiger partial charge in [0.2, 0.25) is 0 Å². The van der Waals surface area contributed by atoms with Gasteiger partial charge in [-0.3, -0.25) is 0 Å². The molecule has 0 fully saturated rings. The van der Waals surface area contributed by atoms with Crippen molar-refractivity contribution in [2.24, 2.45) is 5.11 Å². The summed E-state index contributed by atoms with van der Waals surface area (Å²) >= 11 is 0. The standard InChI is InChI=1S/C14H20N4/c1-2-13-6-8-14(9-7-13)12-16-10-4-3-5-11-17-18-15/h2,6-9,16H,1,3-5,10-12H2. The first-order valence-corrected chi connectivity index (χ1v) is 6.30. The van der Waals surface area contributed by atoms with Crippen molar-refractivity contribution in [3.05, 3.63) is 52.4 Å². The van der Waals surface area contributed by atoms with Crippen LogP contribution in [0, 0.1) is 0 Å². The Morgan fingerprint density at radius 2 is 2.00 bits per heavy atom. The summed E-state index contributed by atoms with van der Waals surface area (Å²) in [6, 6.07) is 8.38. The average molecular weight is 244 g/mol. The Morgan fingerprint density at radius 3 is 2.67 bits per heavy atom. The van der Waals surface area contributed by atoms with Gasteiger partial charge in [-0.05, 0) is 36.0 Å². The smallest absolute Gasteiger partial charge is 0.0257 e. The molecular formula is C14H20N4. The molecule has 0 saturated carbocycles. The number of hydrogen-bond acceptors (Lipinski definition) is 2. The summed E-state index contributed by atoms with van der Waals surface area (Å²) in [5, 5.41) is 6.91. The van der Waals surface area contributed by atoms with E-state index in [4.69, 9.17) is 5.53 Å². The van der Waals surface area contributed by atoms with Crippen LogP contribution in [-0.2, 0) is 6.54 Å². The number of nitrogens with one attached hydrogen (secondary N) is 1. The van der Waals surface area contributed by atoms with E-state index in [9.17, 15) is 0 Å². The van der Waals surface area contributed by atoms with E-state index in [1.165, 1.54) is 5.56 Å². The molecule has 0 aliphatic carbocycles. The molecule has 4 heteroatoms. The Labute approximate surface area is 108 Å². The van der Waals surface area contributed by atoms with Crippen molar-refractivity contribution in [3.8, 4) is 0 Å². The molecule has 0 radical (unpaired) electrons. The van der Waals surface area contributed by atoms with Crippen molar-refractivity contribution in [1.82, 2.24) is 5.32 Å². The van der Waals surface area contributed by atoms with Crippen LogP contribution in [-0.4, -0.2) is 13.1 Å². The van der Waals surface area contributed by atoms with Gasteiger partial charge in [0.25, 0.3) is 0 Å². The molecule has 1 N–H and O–H groups in total. The number of rotatable bonds is 9. The molecule has 0 aliphatic heterocycles. The minimum atomic E-state index is 0.611. The molecule has 0 spiro atoms. The van der Waals surface area contributed by atoms with Crippen LogP contribution in [0.3, 0.4) is 0 Å². The van der Waals surface area contributed by atoms with Crippen molar-refractivity contribution in [3.63, 3.8) is 0 Å². The third kappa shape index (κ3) is 6.09. The molecule has 1 aromatic rings. The summed E-state index contributed by atoms with van der Waals surface area (Å²) in [5.41, 5.74) is 10.5. The molecule has 18 heavy (non-hydrogen) atoms. The second-order valence-corrected chi connectivity index (χ2v) is 4.14. The third-order valence-corrected chi connectivity index (χ3v) is 2.72. The molecule has 0 heterocycles. The number of hydrogen-bond donors (Lipinski definition) is 1. The lowest BCUT2D eigenvalue weighted by Crippen LogP contribution is -2.14. The van der Waals surface area contributed by atoms with Crippen molar-refractivity contribution in [1.29, 1.82) is 0 Å². The van der Waals surface area contributed by atoms with Gasteiger partial charge in [0.1, 0.15) is 0 Å². The molecule has 0 aromatic heterocycles. The summed E-state index contributed by atoms with van der Waals surface area (Å²) in [4.78, 5) is 2.73. The Kier molecular flexibility index (Phi) is 7.37. The average Bonchev–Trinajstić information content (AvgIpc) is 2.42. The van der Waals surface area contributed by atoms with E-state index >= 15 is 0 Å². The summed E-state index contributed by atoms with van der Waals surface area (Å²) in [6.45, 7) is 6.24. The van der Waals surface area contributed by atoms with Gasteiger partial charge in [0.15, 0.2) is 0 Å². The summed E-state index contributed by atoms with van der Waals surface area (Å²) < 4.78 is 0. The fraction of sp³-hybridized carbons (Fsp3) is 0.429. The number of nitrogens with zero attached hydrogens (tertiary/aromatic N) is 3. The SMILES string of the molecule is C=Cc1ccc(CNCCCCCN=[N+]=[N-])cc1. The van der Waals surface area contributed by atoms with Crippen molar-refractivity contribution in [2.75, 3.05) is 13.1 Å². The summed E-state index contributed by atoms with van der Waals surface area (Å²) in [6.07, 6.45) is 5.04. The molecule has 1 rings (SSSR count). The lowest BCUT2D eigenvalue weighted by Gasteiger charge is -2.05. The van der Waals surface area contributed by atoms with E-state index in [0.717, 1.165) is 37.9 Å². The maximum Gasteiger partial charge on any atom is 0.0257 e. The maximum atomic E-state index is 8.11. The van der Waals surface area contributed by atoms with Gasteiger partial charge < -0.3 is 5.32 Å². The molecule has 96 valence electrons. The predicted molar refractivity (Wildman–Crippen MR) is 76.1 cm³/mol. The topological polar surface area (TPSA) is 60.8 Å². The highest BCUT2D eigenvalue weighted by Gasteiger charge is 1.93. The van der Waals surface area contributed by atoms with E-state index in [0.29, 0.717) is 6.54 Å². The summed E-state index contributed by atoms with van der Waals surface area (Å²) in [7, 11) is 0. The van der Waals surface area contributed by atoms with Crippen LogP contribution in [0.25, 0.3) is 16.5 Å². The zero-order chi connectivity index (χ0) is 13.1. The largest absolute Gasteiger partial charge is 0.313 e. The number of benzene rings is 1. The first-order valence-electron chi connectivity index (χ1n) is 6.30. The van der Waals surface area contributed by atoms with Crippen molar-refractivity contribution < 1.29 is 0 Å². The number of unbranched alkanes of at least 4 members (excludes halogenated alkanes) is 2. The Balaban J connectivity index is 2.06. The van der Waals surface area contributed by atoms with Gasteiger partial charge in [-0.1, -0.05) is 48.5 Å². The van der Waals surface area contributed by atoms with Crippen LogP contribution in [0.15, 0.2) is 36.0 Å². The molecule has 0 bridgehead atoms. The van der Waals surface area contributed by atoms with Crippen LogP contribution in [0.5, 0.6) is 0 Å². The van der Waals surface area contributed by atoms with Gasteiger partial charge >= 0.3 is 0 Å². The van der Waals surface area contributed by atoms with E-state index in [1.807, 2.05) is 6.08 Å². The Morgan fingerprint density at radius 1 is 1.22 bits per heavy atom. The van der Waals surface area contributed by atoms with Crippen LogP contribution < -0.4 is 5.32 Å². The molecule has 1 aromatic carbocycles. The van der Waals surface area contributed by atoms with Crippen LogP contribution in [0.2, 0.25) is 0 Å². The number of azide groups is 1. The highest BCUT2D eigenvalue weighted by molar-refractivity contribution is 5.47. The monoisotopic (exact) mass is 244 g/mol. The van der Waals surface area contributed by atoms with Crippen molar-refractivity contribution in [2.45, 2.75) is 25.8 Å². The van der Waals surface area contributed by atoms with E-state index in [2.05, 4.69) is 46.2 Å². The lowest BCUT2D eigenvalue weighted by atomic mass is 10.1. The molecular weight excluding hydrogens is 224 g/mol. The van der Waals surface area contributed by atoms with E-state index in [-0.39, 0.29) is 0 Å². The molecule has 0 atom stereocenters. The highest BCUT2D eigenvalue weighted by atomic mass is 15.1. The first kappa shape index (κ1) is 14.3. The first-order chi connectivity index (χ1) is 8.86. The van der Waals surface area contributed by atoms with Crippen LogP contribution in [0.4, 0.5) is 0 Å². The molecule has 0 unspecified atom stereocenters. The molecule has 0 saturated heterocycles. The van der Waals surface area contributed by atoms with E-state index < -0.39 is 0 Å². The van der Waals surface area contributed by atoms with Gasteiger partial charge in [-0.2, -0.15) is 0 Å². The van der Waals surface area contributed by atoms with Crippen molar-refractivity contribution >= 4 is 6.08 Å². The minimum absolute atomic E-state index is 0.611.